The van der Waals surface area contributed by atoms with Gasteiger partial charge >= 0.3 is 165 Å². The van der Waals surface area contributed by atoms with Crippen LogP contribution in [0, 0.1) is 0 Å². The van der Waals surface area contributed by atoms with Gasteiger partial charge in [0, 0.05) is 0 Å². The Kier molecular flexibility index (Phi) is 12.4. The van der Waals surface area contributed by atoms with Crippen molar-refractivity contribution in [2.75, 3.05) is 0 Å². The molecule has 1 heterocycles. The third-order valence-electron chi connectivity index (χ3n) is 6.89. The van der Waals surface area contributed by atoms with Crippen LogP contribution in [0.3, 0.4) is 0 Å². The predicted molar refractivity (Wildman–Crippen MR) is 118 cm³/mol. The van der Waals surface area contributed by atoms with Crippen LogP contribution >= 0.6 is 0 Å². The molecule has 1 aliphatic heterocycles. The summed E-state index contributed by atoms with van der Waals surface area (Å²) in [5.74, 6) is 0. The van der Waals surface area contributed by atoms with Crippen molar-refractivity contribution in [3.05, 3.63) is 0 Å². The Balaban J connectivity index is 2.95. The molecule has 4 unspecified atom stereocenters. The van der Waals surface area contributed by atoms with E-state index in [9.17, 15) is 0 Å². The molecular formula is C23H49NSn. The molecule has 0 aromatic carbocycles. The number of hydrogen-bond acceptors (Lipinski definition) is 1. The Morgan fingerprint density at radius 1 is 0.720 bits per heavy atom. The van der Waals surface area contributed by atoms with Gasteiger partial charge in [-0.25, -0.2) is 0 Å². The number of unbranched alkanes of at least 4 members (excludes halogenated alkanes) is 5. The van der Waals surface area contributed by atoms with E-state index in [0.29, 0.717) is 0 Å². The molecular weight excluding hydrogens is 409 g/mol. The van der Waals surface area contributed by atoms with Crippen molar-refractivity contribution < 1.29 is 0 Å². The fraction of sp³-hybridized carbons (Fsp3) is 1.00. The third-order valence-corrected chi connectivity index (χ3v) is 24.0. The van der Waals surface area contributed by atoms with Crippen molar-refractivity contribution in [3.63, 3.8) is 0 Å². The quantitative estimate of drug-likeness (QED) is 0.130. The standard InChI is InChI=1S/C11H22N.3C4H9.Sn/c1-4-6-7-8-11-9-12(11)10(3)5-2;3*1-3-4-2;/h9-11H,4-8H2,1-3H3;3*1,3-4H2,2H3;. The molecule has 0 amide bonds. The second-order valence-corrected chi connectivity index (χ2v) is 22.6. The minimum atomic E-state index is -2.07. The van der Waals surface area contributed by atoms with Gasteiger partial charge in [0.05, 0.1) is 0 Å². The first-order valence-corrected chi connectivity index (χ1v) is 19.6. The van der Waals surface area contributed by atoms with E-state index >= 15 is 0 Å². The summed E-state index contributed by atoms with van der Waals surface area (Å²) >= 11 is -2.07. The van der Waals surface area contributed by atoms with E-state index in [1.807, 2.05) is 0 Å². The van der Waals surface area contributed by atoms with E-state index in [1.54, 1.807) is 13.3 Å². The first-order valence-electron chi connectivity index (χ1n) is 11.9. The van der Waals surface area contributed by atoms with E-state index in [2.05, 4.69) is 46.4 Å². The van der Waals surface area contributed by atoms with Gasteiger partial charge in [-0.2, -0.15) is 0 Å². The Bertz CT molecular complexity index is 308. The fourth-order valence-electron chi connectivity index (χ4n) is 5.15. The molecule has 0 spiro atoms. The van der Waals surface area contributed by atoms with Crippen molar-refractivity contribution in [2.24, 2.45) is 0 Å². The van der Waals surface area contributed by atoms with Crippen LogP contribution in [0.15, 0.2) is 0 Å². The molecule has 1 aliphatic rings. The van der Waals surface area contributed by atoms with Gasteiger partial charge in [-0.1, -0.05) is 0 Å². The van der Waals surface area contributed by atoms with E-state index in [4.69, 9.17) is 0 Å². The van der Waals surface area contributed by atoms with Crippen LogP contribution in [-0.2, 0) is 0 Å². The first kappa shape index (κ1) is 23.8. The van der Waals surface area contributed by atoms with Gasteiger partial charge in [-0.05, 0) is 0 Å². The predicted octanol–water partition coefficient (Wildman–Crippen LogP) is 7.81. The molecule has 1 rings (SSSR count). The number of nitrogens with zero attached hydrogens (tertiary/aromatic N) is 1. The Labute approximate surface area is 164 Å². The van der Waals surface area contributed by atoms with Crippen LogP contribution in [0.4, 0.5) is 0 Å². The van der Waals surface area contributed by atoms with Crippen LogP contribution in [0.25, 0.3) is 0 Å². The normalized spacial score (nSPS) is 24.5. The molecule has 4 atom stereocenters. The zero-order chi connectivity index (χ0) is 18.7. The van der Waals surface area contributed by atoms with Gasteiger partial charge in [-0.3, -0.25) is 0 Å². The van der Waals surface area contributed by atoms with Crippen LogP contribution in [0.2, 0.25) is 13.3 Å². The SMILES string of the molecule is CCCCCC1[CH]([Sn]([CH2]CCC)([CH2]CCC)[CH2]CCC)N1C(C)CC. The van der Waals surface area contributed by atoms with Crippen LogP contribution in [-0.4, -0.2) is 39.4 Å². The third kappa shape index (κ3) is 7.01. The van der Waals surface area contributed by atoms with Crippen LogP contribution < -0.4 is 0 Å². The summed E-state index contributed by atoms with van der Waals surface area (Å²) in [6.07, 6.45) is 15.9. The van der Waals surface area contributed by atoms with Gasteiger partial charge in [0.25, 0.3) is 0 Å². The van der Waals surface area contributed by atoms with Gasteiger partial charge in [0.15, 0.2) is 0 Å². The van der Waals surface area contributed by atoms with Crippen LogP contribution in [0.5, 0.6) is 0 Å². The van der Waals surface area contributed by atoms with E-state index in [-0.39, 0.29) is 0 Å². The summed E-state index contributed by atoms with van der Waals surface area (Å²) in [4.78, 5) is 3.05. The second kappa shape index (κ2) is 13.0. The molecule has 0 aromatic heterocycles. The van der Waals surface area contributed by atoms with Crippen molar-refractivity contribution in [3.8, 4) is 0 Å². The number of hydrogen-bond donors (Lipinski definition) is 0. The maximum atomic E-state index is 3.05. The molecule has 2 heteroatoms. The zero-order valence-electron chi connectivity index (χ0n) is 18.6. The fourth-order valence-corrected chi connectivity index (χ4v) is 25.0. The molecule has 0 N–H and O–H groups in total. The van der Waals surface area contributed by atoms with Crippen molar-refractivity contribution in [1.82, 2.24) is 4.90 Å². The summed E-state index contributed by atoms with van der Waals surface area (Å²) in [6, 6.07) is 1.82. The average molecular weight is 458 g/mol. The monoisotopic (exact) mass is 459 g/mol. The Morgan fingerprint density at radius 2 is 1.20 bits per heavy atom. The Hall–Kier alpha value is 0.759. The van der Waals surface area contributed by atoms with Gasteiger partial charge in [-0.15, -0.1) is 0 Å². The van der Waals surface area contributed by atoms with Crippen molar-refractivity contribution in [2.45, 2.75) is 142 Å². The first-order chi connectivity index (χ1) is 12.1. The molecule has 0 saturated carbocycles. The minimum absolute atomic E-state index is 0.831. The summed E-state index contributed by atoms with van der Waals surface area (Å²) in [5, 5.41) is 0. The van der Waals surface area contributed by atoms with E-state index < -0.39 is 18.4 Å². The molecule has 1 fully saturated rings. The molecule has 1 saturated heterocycles. The van der Waals surface area contributed by atoms with Gasteiger partial charge < -0.3 is 0 Å². The van der Waals surface area contributed by atoms with Crippen LogP contribution in [0.1, 0.15) is 112 Å². The van der Waals surface area contributed by atoms with Gasteiger partial charge in [0.1, 0.15) is 0 Å². The van der Waals surface area contributed by atoms with Crippen molar-refractivity contribution in [1.29, 1.82) is 0 Å². The summed E-state index contributed by atoms with van der Waals surface area (Å²) in [6.45, 7) is 14.5. The molecule has 0 aliphatic carbocycles. The second-order valence-electron chi connectivity index (χ2n) is 8.89. The van der Waals surface area contributed by atoms with E-state index in [1.165, 1.54) is 70.6 Å². The molecule has 0 aromatic rings. The maximum absolute atomic E-state index is 3.05. The molecule has 1 nitrogen and oxygen atoms in total. The Morgan fingerprint density at radius 3 is 1.60 bits per heavy atom. The summed E-state index contributed by atoms with van der Waals surface area (Å²) in [5.41, 5.74) is 0. The molecule has 0 bridgehead atoms. The summed E-state index contributed by atoms with van der Waals surface area (Å²) in [7, 11) is 0. The molecule has 25 heavy (non-hydrogen) atoms. The average Bonchev–Trinajstić information content (AvgIpc) is 3.36. The number of rotatable bonds is 16. The van der Waals surface area contributed by atoms with Gasteiger partial charge in [0.2, 0.25) is 0 Å². The molecule has 0 radical (unpaired) electrons. The summed E-state index contributed by atoms with van der Waals surface area (Å²) < 4.78 is 6.17. The van der Waals surface area contributed by atoms with E-state index in [0.717, 1.165) is 16.1 Å². The topological polar surface area (TPSA) is 3.01 Å². The van der Waals surface area contributed by atoms with Crippen molar-refractivity contribution >= 4 is 18.4 Å². The molecule has 150 valence electrons. The zero-order valence-corrected chi connectivity index (χ0v) is 21.4.